The molecule has 3 nitrogen and oxygen atoms in total. The van der Waals surface area contributed by atoms with Gasteiger partial charge in [0.2, 0.25) is 0 Å². The Hall–Kier alpha value is -0.640. The van der Waals surface area contributed by atoms with Gasteiger partial charge in [0.05, 0.1) is 0 Å². The van der Waals surface area contributed by atoms with Gasteiger partial charge < -0.3 is 5.32 Å². The number of rotatable bonds is 2. The van der Waals surface area contributed by atoms with Crippen LogP contribution in [-0.2, 0) is 4.79 Å². The molecule has 1 aliphatic heterocycles. The molecule has 1 unspecified atom stereocenters. The highest BCUT2D eigenvalue weighted by Gasteiger charge is 2.58. The van der Waals surface area contributed by atoms with Crippen molar-refractivity contribution in [1.82, 2.24) is 10.2 Å². The molecule has 1 saturated heterocycles. The van der Waals surface area contributed by atoms with Crippen LogP contribution in [0.15, 0.2) is 0 Å². The van der Waals surface area contributed by atoms with Crippen LogP contribution in [0.4, 0.5) is 0 Å². The summed E-state index contributed by atoms with van der Waals surface area (Å²) >= 11 is 5.34. The van der Waals surface area contributed by atoms with E-state index in [9.17, 15) is 4.79 Å². The van der Waals surface area contributed by atoms with E-state index in [4.69, 9.17) is 12.2 Å². The first-order valence-corrected chi connectivity index (χ1v) is 8.14. The Morgan fingerprint density at radius 1 is 1.21 bits per heavy atom. The second-order valence-corrected chi connectivity index (χ2v) is 7.63. The largest absolute Gasteiger partial charge is 0.350 e. The summed E-state index contributed by atoms with van der Waals surface area (Å²) in [4.78, 5) is 14.4. The third kappa shape index (κ3) is 1.61. The number of hydrogen-bond acceptors (Lipinski definition) is 2. The third-order valence-corrected chi connectivity index (χ3v) is 6.38. The smallest absolute Gasteiger partial charge is 0.251 e. The molecule has 0 aromatic heterocycles. The Kier molecular flexibility index (Phi) is 2.51. The van der Waals surface area contributed by atoms with Gasteiger partial charge in [-0.3, -0.25) is 9.69 Å². The van der Waals surface area contributed by atoms with Crippen LogP contribution in [0.3, 0.4) is 0 Å². The Bertz CT molecular complexity index is 412. The van der Waals surface area contributed by atoms with E-state index >= 15 is 0 Å². The number of carbonyl (C=O) groups is 1. The SMILES string of the molecule is CCN1C(=O)C(C23CC4CC(CC(C4)C2)C3)NC1=S. The van der Waals surface area contributed by atoms with Crippen molar-refractivity contribution in [2.24, 2.45) is 23.2 Å². The standard InChI is InChI=1S/C15H22N2OS/c1-2-17-13(18)12(16-14(17)19)15-6-9-3-10(7-15)5-11(4-9)8-15/h9-12H,2-8H2,1H3,(H,16,19). The van der Waals surface area contributed by atoms with Gasteiger partial charge in [0, 0.05) is 12.0 Å². The highest BCUT2D eigenvalue weighted by atomic mass is 32.1. The fraction of sp³-hybridized carbons (Fsp3) is 0.867. The van der Waals surface area contributed by atoms with Gasteiger partial charge in [-0.1, -0.05) is 0 Å². The van der Waals surface area contributed by atoms with Crippen molar-refractivity contribution in [2.75, 3.05) is 6.54 Å². The summed E-state index contributed by atoms with van der Waals surface area (Å²) < 4.78 is 0. The van der Waals surface area contributed by atoms with E-state index in [-0.39, 0.29) is 17.4 Å². The lowest BCUT2D eigenvalue weighted by atomic mass is 9.47. The van der Waals surface area contributed by atoms with Crippen molar-refractivity contribution in [2.45, 2.75) is 51.5 Å². The molecule has 0 radical (unpaired) electrons. The minimum Gasteiger partial charge on any atom is -0.350 e. The molecule has 1 N–H and O–H groups in total. The van der Waals surface area contributed by atoms with E-state index in [1.54, 1.807) is 4.90 Å². The molecule has 4 heteroatoms. The molecule has 104 valence electrons. The fourth-order valence-electron chi connectivity index (χ4n) is 5.76. The van der Waals surface area contributed by atoms with Crippen molar-refractivity contribution < 1.29 is 4.79 Å². The molecular formula is C15H22N2OS. The minimum absolute atomic E-state index is 0.0200. The number of likely N-dealkylation sites (N-methyl/N-ethyl adjacent to an activating group) is 1. The molecule has 4 aliphatic carbocycles. The van der Waals surface area contributed by atoms with E-state index in [1.165, 1.54) is 38.5 Å². The van der Waals surface area contributed by atoms with Gasteiger partial charge in [-0.2, -0.15) is 0 Å². The molecule has 1 amide bonds. The summed E-state index contributed by atoms with van der Waals surface area (Å²) in [5.41, 5.74) is 0.222. The van der Waals surface area contributed by atoms with Gasteiger partial charge in [-0.15, -0.1) is 0 Å². The summed E-state index contributed by atoms with van der Waals surface area (Å²) in [5.74, 6) is 2.88. The Labute approximate surface area is 120 Å². The van der Waals surface area contributed by atoms with Crippen molar-refractivity contribution in [3.05, 3.63) is 0 Å². The van der Waals surface area contributed by atoms with Crippen LogP contribution in [0.1, 0.15) is 45.4 Å². The third-order valence-electron chi connectivity index (χ3n) is 6.04. The van der Waals surface area contributed by atoms with Gasteiger partial charge in [0.25, 0.3) is 5.91 Å². The quantitative estimate of drug-likeness (QED) is 0.787. The first kappa shape index (κ1) is 12.1. The minimum atomic E-state index is -0.0200. The highest BCUT2D eigenvalue weighted by molar-refractivity contribution is 7.80. The van der Waals surface area contributed by atoms with E-state index in [1.807, 2.05) is 6.92 Å². The zero-order valence-corrected chi connectivity index (χ0v) is 12.3. The first-order chi connectivity index (χ1) is 9.11. The molecule has 1 heterocycles. The predicted molar refractivity (Wildman–Crippen MR) is 77.5 cm³/mol. The van der Waals surface area contributed by atoms with Crippen LogP contribution >= 0.6 is 12.2 Å². The maximum atomic E-state index is 12.6. The highest BCUT2D eigenvalue weighted by Crippen LogP contribution is 2.61. The van der Waals surface area contributed by atoms with Crippen LogP contribution in [0.25, 0.3) is 0 Å². The Morgan fingerprint density at radius 2 is 1.74 bits per heavy atom. The van der Waals surface area contributed by atoms with Crippen molar-refractivity contribution >= 4 is 23.2 Å². The lowest BCUT2D eigenvalue weighted by molar-refractivity contribution is -0.136. The summed E-state index contributed by atoms with van der Waals surface area (Å²) in [6.07, 6.45) is 8.01. The maximum Gasteiger partial charge on any atom is 0.251 e. The molecule has 4 bridgehead atoms. The summed E-state index contributed by atoms with van der Waals surface area (Å²) in [5, 5.41) is 4.03. The fourth-order valence-corrected chi connectivity index (χ4v) is 6.10. The maximum absolute atomic E-state index is 12.6. The average molecular weight is 278 g/mol. The van der Waals surface area contributed by atoms with E-state index in [0.717, 1.165) is 17.8 Å². The van der Waals surface area contributed by atoms with Gasteiger partial charge in [-0.25, -0.2) is 0 Å². The molecule has 4 saturated carbocycles. The number of hydrogen-bond donors (Lipinski definition) is 1. The molecule has 5 rings (SSSR count). The summed E-state index contributed by atoms with van der Waals surface area (Å²) in [6.45, 7) is 2.71. The van der Waals surface area contributed by atoms with Crippen LogP contribution in [0, 0.1) is 23.2 Å². The van der Waals surface area contributed by atoms with Gasteiger partial charge in [0.15, 0.2) is 5.11 Å². The number of nitrogens with zero attached hydrogens (tertiary/aromatic N) is 1. The molecule has 0 spiro atoms. The lowest BCUT2D eigenvalue weighted by Crippen LogP contribution is -2.56. The number of amides is 1. The average Bonchev–Trinajstić information content (AvgIpc) is 2.63. The number of nitrogens with one attached hydrogen (secondary N) is 1. The molecule has 5 fully saturated rings. The van der Waals surface area contributed by atoms with Crippen LogP contribution in [0.2, 0.25) is 0 Å². The molecular weight excluding hydrogens is 256 g/mol. The van der Waals surface area contributed by atoms with E-state index < -0.39 is 0 Å². The number of thiocarbonyl (C=S) groups is 1. The second kappa shape index (κ2) is 3.94. The Balaban J connectivity index is 1.65. The van der Waals surface area contributed by atoms with E-state index in [0.29, 0.717) is 11.7 Å². The van der Waals surface area contributed by atoms with Gasteiger partial charge in [0.1, 0.15) is 6.04 Å². The van der Waals surface area contributed by atoms with Gasteiger partial charge >= 0.3 is 0 Å². The molecule has 0 aromatic carbocycles. The number of carbonyl (C=O) groups excluding carboxylic acids is 1. The van der Waals surface area contributed by atoms with Crippen LogP contribution in [-0.4, -0.2) is 28.5 Å². The first-order valence-electron chi connectivity index (χ1n) is 7.73. The van der Waals surface area contributed by atoms with Crippen molar-refractivity contribution in [1.29, 1.82) is 0 Å². The predicted octanol–water partition coefficient (Wildman–Crippen LogP) is 2.31. The van der Waals surface area contributed by atoms with Gasteiger partial charge in [-0.05, 0) is 75.4 Å². The monoisotopic (exact) mass is 278 g/mol. The normalized spacial score (nSPS) is 47.9. The van der Waals surface area contributed by atoms with Crippen molar-refractivity contribution in [3.63, 3.8) is 0 Å². The second-order valence-electron chi connectivity index (χ2n) is 7.24. The van der Waals surface area contributed by atoms with E-state index in [2.05, 4.69) is 5.32 Å². The lowest BCUT2D eigenvalue weighted by Gasteiger charge is -2.58. The summed E-state index contributed by atoms with van der Waals surface area (Å²) in [6, 6.07) is -0.0200. The molecule has 1 atom stereocenters. The van der Waals surface area contributed by atoms with Crippen LogP contribution in [0.5, 0.6) is 0 Å². The molecule has 19 heavy (non-hydrogen) atoms. The molecule has 0 aromatic rings. The summed E-state index contributed by atoms with van der Waals surface area (Å²) in [7, 11) is 0. The zero-order valence-electron chi connectivity index (χ0n) is 11.5. The molecule has 5 aliphatic rings. The zero-order chi connectivity index (χ0) is 13.2. The topological polar surface area (TPSA) is 32.3 Å². The van der Waals surface area contributed by atoms with Crippen molar-refractivity contribution in [3.8, 4) is 0 Å². The Morgan fingerprint density at radius 3 is 2.16 bits per heavy atom. The van der Waals surface area contributed by atoms with Crippen LogP contribution < -0.4 is 5.32 Å².